The molecule has 0 aliphatic carbocycles. The van der Waals surface area contributed by atoms with Gasteiger partial charge in [-0.15, -0.1) is 11.3 Å². The van der Waals surface area contributed by atoms with Gasteiger partial charge in [-0.2, -0.15) is 0 Å². The van der Waals surface area contributed by atoms with Crippen LogP contribution in [0.5, 0.6) is 5.75 Å². The topological polar surface area (TPSA) is 125 Å². The van der Waals surface area contributed by atoms with Crippen molar-refractivity contribution in [3.8, 4) is 5.75 Å². The Morgan fingerprint density at radius 1 is 1.13 bits per heavy atom. The molecule has 12 heteroatoms. The average Bonchev–Trinajstić information content (AvgIpc) is 3.59. The van der Waals surface area contributed by atoms with Crippen LogP contribution >= 0.6 is 11.3 Å². The Hall–Kier alpha value is -3.45. The zero-order valence-corrected chi connectivity index (χ0v) is 27.9. The second kappa shape index (κ2) is 15.7. The molecule has 1 aliphatic rings. The SMILES string of the molecule is C[C@@H]1CCCCO[C@@H](CN(C)C(=O)c2ccccc2)[C@H](C)CN([C@H](C)CO)C(=O)c2cc(NS(=O)(=O)c3cccs3)ccc2O1. The summed E-state index contributed by atoms with van der Waals surface area (Å²) < 4.78 is 41.2. The van der Waals surface area contributed by atoms with Crippen molar-refractivity contribution in [2.24, 2.45) is 5.92 Å². The molecule has 0 fully saturated rings. The Labute approximate surface area is 270 Å². The highest BCUT2D eigenvalue weighted by molar-refractivity contribution is 7.94. The summed E-state index contributed by atoms with van der Waals surface area (Å²) in [6, 6.07) is 16.3. The predicted molar refractivity (Wildman–Crippen MR) is 175 cm³/mol. The number of fused-ring (bicyclic) bond motifs is 1. The van der Waals surface area contributed by atoms with Crippen molar-refractivity contribution >= 4 is 38.9 Å². The van der Waals surface area contributed by atoms with Crippen LogP contribution in [0.15, 0.2) is 70.3 Å². The van der Waals surface area contributed by atoms with Crippen LogP contribution in [0.4, 0.5) is 5.69 Å². The fourth-order valence-electron chi connectivity index (χ4n) is 5.22. The van der Waals surface area contributed by atoms with Crippen LogP contribution in [0.3, 0.4) is 0 Å². The number of hydrogen-bond donors (Lipinski definition) is 2. The summed E-state index contributed by atoms with van der Waals surface area (Å²) in [7, 11) is -2.11. The fraction of sp³-hybridized carbons (Fsp3) is 0.455. The van der Waals surface area contributed by atoms with Crippen LogP contribution in [0.2, 0.25) is 0 Å². The maximum Gasteiger partial charge on any atom is 0.271 e. The van der Waals surface area contributed by atoms with Crippen LogP contribution in [-0.4, -0.2) is 86.7 Å². The lowest BCUT2D eigenvalue weighted by molar-refractivity contribution is -0.0149. The molecule has 0 unspecified atom stereocenters. The van der Waals surface area contributed by atoms with Crippen molar-refractivity contribution in [2.45, 2.75) is 62.5 Å². The summed E-state index contributed by atoms with van der Waals surface area (Å²) >= 11 is 1.10. The van der Waals surface area contributed by atoms with Gasteiger partial charge < -0.3 is 24.4 Å². The number of carbonyl (C=O) groups is 2. The Balaban J connectivity index is 1.65. The normalized spacial score (nSPS) is 20.8. The number of amides is 2. The molecule has 244 valence electrons. The number of hydrogen-bond acceptors (Lipinski definition) is 8. The molecule has 0 saturated carbocycles. The highest BCUT2D eigenvalue weighted by Crippen LogP contribution is 2.30. The van der Waals surface area contributed by atoms with Crippen molar-refractivity contribution in [2.75, 3.05) is 38.1 Å². The second-order valence-corrected chi connectivity index (χ2v) is 14.5. The minimum atomic E-state index is -3.85. The molecule has 0 radical (unpaired) electrons. The first-order valence-electron chi connectivity index (χ1n) is 15.2. The number of carbonyl (C=O) groups excluding carboxylic acids is 2. The van der Waals surface area contributed by atoms with Gasteiger partial charge in [0.15, 0.2) is 0 Å². The van der Waals surface area contributed by atoms with E-state index >= 15 is 0 Å². The first-order valence-corrected chi connectivity index (χ1v) is 17.6. The van der Waals surface area contributed by atoms with Crippen molar-refractivity contribution in [3.05, 3.63) is 77.2 Å². The van der Waals surface area contributed by atoms with Crippen molar-refractivity contribution in [1.29, 1.82) is 0 Å². The summed E-state index contributed by atoms with van der Waals surface area (Å²) in [5.74, 6) is -0.416. The van der Waals surface area contributed by atoms with E-state index in [2.05, 4.69) is 4.72 Å². The van der Waals surface area contributed by atoms with E-state index in [-0.39, 0.29) is 52.6 Å². The minimum Gasteiger partial charge on any atom is -0.490 e. The number of aliphatic hydroxyl groups is 1. The molecule has 2 amide bonds. The fourth-order valence-corrected chi connectivity index (χ4v) is 7.27. The number of sulfonamides is 1. The summed E-state index contributed by atoms with van der Waals surface area (Å²) in [5, 5.41) is 11.9. The highest BCUT2D eigenvalue weighted by atomic mass is 32.2. The van der Waals surface area contributed by atoms with Gasteiger partial charge in [0.25, 0.3) is 21.8 Å². The Morgan fingerprint density at radius 2 is 1.89 bits per heavy atom. The maximum atomic E-state index is 14.3. The van der Waals surface area contributed by atoms with E-state index in [4.69, 9.17) is 9.47 Å². The van der Waals surface area contributed by atoms with Gasteiger partial charge in [-0.1, -0.05) is 31.2 Å². The third-order valence-corrected chi connectivity index (χ3v) is 10.7. The largest absolute Gasteiger partial charge is 0.490 e. The lowest BCUT2D eigenvalue weighted by Crippen LogP contribution is -2.48. The van der Waals surface area contributed by atoms with E-state index in [0.717, 1.165) is 24.2 Å². The van der Waals surface area contributed by atoms with Crippen LogP contribution in [0, 0.1) is 5.92 Å². The molecule has 1 aromatic heterocycles. The summed E-state index contributed by atoms with van der Waals surface area (Å²) in [5.41, 5.74) is 0.988. The van der Waals surface area contributed by atoms with E-state index in [1.165, 1.54) is 12.1 Å². The molecule has 0 spiro atoms. The molecule has 4 rings (SSSR count). The van der Waals surface area contributed by atoms with Gasteiger partial charge in [0, 0.05) is 43.9 Å². The van der Waals surface area contributed by atoms with Crippen LogP contribution in [-0.2, 0) is 14.8 Å². The number of anilines is 1. The quantitative estimate of drug-likeness (QED) is 0.345. The molecule has 2 aromatic carbocycles. The standard InChI is InChI=1S/C33H43N3O7S2/c1-23-20-36(24(2)22-37)33(39)28-19-27(34-45(40,41)31-14-10-18-44-31)15-16-29(28)43-25(3)11-8-9-17-42-30(23)21-35(4)32(38)26-12-6-5-7-13-26/h5-7,10,12-16,18-19,23-25,30,34,37H,8-9,11,17,20-22H2,1-4H3/t23-,24-,25-,30+/m1/s1. The smallest absolute Gasteiger partial charge is 0.271 e. The average molecular weight is 658 g/mol. The molecule has 2 N–H and O–H groups in total. The van der Waals surface area contributed by atoms with Gasteiger partial charge in [0.05, 0.1) is 30.4 Å². The van der Waals surface area contributed by atoms with Gasteiger partial charge in [-0.05, 0) is 74.9 Å². The molecule has 4 atom stereocenters. The Bertz CT molecular complexity index is 1520. The summed E-state index contributed by atoms with van der Waals surface area (Å²) in [6.45, 7) is 6.38. The molecule has 2 heterocycles. The third kappa shape index (κ3) is 9.06. The van der Waals surface area contributed by atoms with Gasteiger partial charge in [-0.25, -0.2) is 8.42 Å². The number of rotatable bonds is 8. The van der Waals surface area contributed by atoms with E-state index in [1.54, 1.807) is 59.5 Å². The number of thiophene rings is 1. The van der Waals surface area contributed by atoms with Crippen molar-refractivity contribution in [1.82, 2.24) is 9.80 Å². The van der Waals surface area contributed by atoms with Gasteiger partial charge in [0.2, 0.25) is 0 Å². The van der Waals surface area contributed by atoms with Gasteiger partial charge in [0.1, 0.15) is 9.96 Å². The minimum absolute atomic E-state index is 0.125. The third-order valence-electron chi connectivity index (χ3n) is 7.88. The van der Waals surface area contributed by atoms with E-state index in [9.17, 15) is 23.1 Å². The van der Waals surface area contributed by atoms with E-state index in [1.807, 2.05) is 32.0 Å². The lowest BCUT2D eigenvalue weighted by Gasteiger charge is -2.36. The van der Waals surface area contributed by atoms with Gasteiger partial charge in [-0.3, -0.25) is 14.3 Å². The molecule has 3 aromatic rings. The Morgan fingerprint density at radius 3 is 2.58 bits per heavy atom. The molecular weight excluding hydrogens is 615 g/mol. The molecule has 0 bridgehead atoms. The van der Waals surface area contributed by atoms with Crippen molar-refractivity contribution < 1.29 is 32.6 Å². The first kappa shape index (κ1) is 34.4. The highest BCUT2D eigenvalue weighted by Gasteiger charge is 2.31. The first-order chi connectivity index (χ1) is 21.5. The van der Waals surface area contributed by atoms with Crippen molar-refractivity contribution in [3.63, 3.8) is 0 Å². The van der Waals surface area contributed by atoms with E-state index < -0.39 is 22.0 Å². The molecular formula is C33H43N3O7S2. The lowest BCUT2D eigenvalue weighted by atomic mass is 10.0. The number of nitrogens with one attached hydrogen (secondary N) is 1. The van der Waals surface area contributed by atoms with E-state index in [0.29, 0.717) is 30.9 Å². The number of ether oxygens (including phenoxy) is 2. The number of aliphatic hydroxyl groups excluding tert-OH is 1. The monoisotopic (exact) mass is 657 g/mol. The number of benzene rings is 2. The van der Waals surface area contributed by atoms with Crippen LogP contribution in [0.1, 0.15) is 60.7 Å². The van der Waals surface area contributed by atoms with Gasteiger partial charge >= 0.3 is 0 Å². The Kier molecular flexibility index (Phi) is 12.0. The maximum absolute atomic E-state index is 14.3. The summed E-state index contributed by atoms with van der Waals surface area (Å²) in [4.78, 5) is 30.6. The molecule has 0 saturated heterocycles. The number of likely N-dealkylation sites (N-methyl/N-ethyl adjacent to an activating group) is 1. The molecule has 45 heavy (non-hydrogen) atoms. The predicted octanol–water partition coefficient (Wildman–Crippen LogP) is 5.12. The van der Waals surface area contributed by atoms with Crippen LogP contribution in [0.25, 0.3) is 0 Å². The zero-order chi connectivity index (χ0) is 32.6. The second-order valence-electron chi connectivity index (χ2n) is 11.6. The molecule has 1 aliphatic heterocycles. The molecule has 10 nitrogen and oxygen atoms in total. The zero-order valence-electron chi connectivity index (χ0n) is 26.2. The van der Waals surface area contributed by atoms with Crippen LogP contribution < -0.4 is 9.46 Å². The number of nitrogens with zero attached hydrogens (tertiary/aromatic N) is 2. The summed E-state index contributed by atoms with van der Waals surface area (Å²) in [6.07, 6.45) is 1.73.